The van der Waals surface area contributed by atoms with Crippen molar-refractivity contribution in [3.8, 4) is 11.8 Å². The summed E-state index contributed by atoms with van der Waals surface area (Å²) >= 11 is 1.16. The van der Waals surface area contributed by atoms with Crippen LogP contribution in [0.15, 0.2) is 6.07 Å². The lowest BCUT2D eigenvalue weighted by atomic mass is 9.80. The van der Waals surface area contributed by atoms with Gasteiger partial charge < -0.3 is 19.5 Å². The number of carboxylic acid groups (broad SMARTS) is 1. The Kier molecular flexibility index (Phi) is 6.67. The molecule has 3 aliphatic rings. The Morgan fingerprint density at radius 3 is 2.53 bits per heavy atom. The normalized spacial score (nSPS) is 24.3. The Morgan fingerprint density at radius 2 is 1.91 bits per heavy atom. The van der Waals surface area contributed by atoms with E-state index in [1.807, 2.05) is 20.8 Å². The summed E-state index contributed by atoms with van der Waals surface area (Å²) in [5, 5.41) is 10.00. The third kappa shape index (κ3) is 4.73. The minimum Gasteiger partial charge on any atom is -0.477 e. The molecular formula is C25H33NO5S. The largest absolute Gasteiger partial charge is 0.477 e. The Bertz CT molecular complexity index is 922. The molecule has 1 saturated carbocycles. The predicted molar refractivity (Wildman–Crippen MR) is 124 cm³/mol. The maximum atomic E-state index is 14.0. The van der Waals surface area contributed by atoms with Crippen LogP contribution < -0.4 is 4.90 Å². The summed E-state index contributed by atoms with van der Waals surface area (Å²) in [6.45, 7) is 7.45. The van der Waals surface area contributed by atoms with Gasteiger partial charge in [-0.25, -0.2) is 4.79 Å². The number of carboxylic acids is 1. The van der Waals surface area contributed by atoms with Crippen LogP contribution in [0, 0.1) is 23.2 Å². The second-order valence-electron chi connectivity index (χ2n) is 10.2. The third-order valence-electron chi connectivity index (χ3n) is 6.69. The fraction of sp³-hybridized carbons (Fsp3) is 0.680. The van der Waals surface area contributed by atoms with E-state index in [1.165, 1.54) is 6.42 Å². The molecule has 0 bridgehead atoms. The van der Waals surface area contributed by atoms with E-state index in [2.05, 4.69) is 11.8 Å². The average molecular weight is 460 g/mol. The highest BCUT2D eigenvalue weighted by Gasteiger charge is 2.52. The Morgan fingerprint density at radius 1 is 1.22 bits per heavy atom. The quantitative estimate of drug-likeness (QED) is 0.663. The van der Waals surface area contributed by atoms with Gasteiger partial charge in [-0.1, -0.05) is 31.1 Å². The van der Waals surface area contributed by atoms with Crippen molar-refractivity contribution in [3.05, 3.63) is 15.8 Å². The Balaban J connectivity index is 1.77. The van der Waals surface area contributed by atoms with Crippen molar-refractivity contribution in [1.82, 2.24) is 0 Å². The number of carbonyl (C=O) groups excluding carboxylic acids is 1. The number of rotatable bonds is 3. The molecule has 0 aromatic carbocycles. The minimum atomic E-state index is -1.02. The molecule has 0 radical (unpaired) electrons. The highest BCUT2D eigenvalue weighted by molar-refractivity contribution is 7.15. The minimum absolute atomic E-state index is 0.113. The lowest BCUT2D eigenvalue weighted by Crippen LogP contribution is -2.64. The molecule has 0 unspecified atom stereocenters. The van der Waals surface area contributed by atoms with Crippen molar-refractivity contribution >= 4 is 28.9 Å². The van der Waals surface area contributed by atoms with Gasteiger partial charge in [-0.05, 0) is 45.6 Å². The number of morpholine rings is 1. The lowest BCUT2D eigenvalue weighted by molar-refractivity contribution is -0.170. The van der Waals surface area contributed by atoms with Crippen LogP contribution >= 0.6 is 11.3 Å². The van der Waals surface area contributed by atoms with Gasteiger partial charge in [-0.2, -0.15) is 0 Å². The van der Waals surface area contributed by atoms with Gasteiger partial charge in [0.2, 0.25) is 0 Å². The topological polar surface area (TPSA) is 76.1 Å². The SMILES string of the molecule is CC(C)(C)C#Cc1cc(N2C(=O)C3(CCOCC3)OC[C@H]2C2CCCCC2)c(C(=O)O)s1. The van der Waals surface area contributed by atoms with Gasteiger partial charge in [-0.3, -0.25) is 4.79 Å². The third-order valence-corrected chi connectivity index (χ3v) is 7.72. The Labute approximate surface area is 194 Å². The van der Waals surface area contributed by atoms with Crippen molar-refractivity contribution in [1.29, 1.82) is 0 Å². The van der Waals surface area contributed by atoms with Crippen LogP contribution in [0.1, 0.15) is 80.3 Å². The zero-order valence-electron chi connectivity index (χ0n) is 19.2. The average Bonchev–Trinajstić information content (AvgIpc) is 3.19. The van der Waals surface area contributed by atoms with Crippen LogP contribution in [-0.2, 0) is 14.3 Å². The molecule has 1 aliphatic carbocycles. The molecule has 6 nitrogen and oxygen atoms in total. The molecule has 1 amide bonds. The van der Waals surface area contributed by atoms with E-state index >= 15 is 0 Å². The molecule has 1 aromatic heterocycles. The van der Waals surface area contributed by atoms with E-state index in [4.69, 9.17) is 9.47 Å². The van der Waals surface area contributed by atoms with Crippen molar-refractivity contribution in [2.75, 3.05) is 24.7 Å². The smallest absolute Gasteiger partial charge is 0.348 e. The fourth-order valence-electron chi connectivity index (χ4n) is 4.99. The predicted octanol–water partition coefficient (Wildman–Crippen LogP) is 4.71. The molecule has 4 rings (SSSR count). The van der Waals surface area contributed by atoms with Crippen LogP contribution in [0.3, 0.4) is 0 Å². The summed E-state index contributed by atoms with van der Waals surface area (Å²) in [6.07, 6.45) is 6.57. The first-order chi connectivity index (χ1) is 15.2. The lowest BCUT2D eigenvalue weighted by Gasteiger charge is -2.49. The first kappa shape index (κ1) is 23.3. The van der Waals surface area contributed by atoms with Gasteiger partial charge in [0, 0.05) is 31.5 Å². The zero-order valence-corrected chi connectivity index (χ0v) is 20.1. The van der Waals surface area contributed by atoms with Crippen LogP contribution in [0.25, 0.3) is 0 Å². The van der Waals surface area contributed by atoms with E-state index < -0.39 is 11.6 Å². The van der Waals surface area contributed by atoms with Gasteiger partial charge >= 0.3 is 5.97 Å². The maximum absolute atomic E-state index is 14.0. The standard InChI is InChI=1S/C25H33NO5S/c1-24(2,3)10-9-18-15-19(21(32-18)22(27)28)26-20(17-7-5-4-6-8-17)16-31-25(23(26)29)11-13-30-14-12-25/h15,17,20H,4-8,11-14,16H2,1-3H3,(H,27,28)/t20-/m0/s1. The summed E-state index contributed by atoms with van der Waals surface area (Å²) in [5.41, 5.74) is -0.632. The highest BCUT2D eigenvalue weighted by Crippen LogP contribution is 2.42. The van der Waals surface area contributed by atoms with Crippen LogP contribution in [0.5, 0.6) is 0 Å². The van der Waals surface area contributed by atoms with Crippen molar-refractivity contribution < 1.29 is 24.2 Å². The number of hydrogen-bond acceptors (Lipinski definition) is 5. The van der Waals surface area contributed by atoms with Crippen molar-refractivity contribution in [2.45, 2.75) is 77.4 Å². The summed E-state index contributed by atoms with van der Waals surface area (Å²) < 4.78 is 11.8. The number of ether oxygens (including phenoxy) is 2. The van der Waals surface area contributed by atoms with Crippen molar-refractivity contribution in [2.24, 2.45) is 11.3 Å². The summed E-state index contributed by atoms with van der Waals surface area (Å²) in [5.74, 6) is 5.51. The molecule has 3 heterocycles. The van der Waals surface area contributed by atoms with Crippen LogP contribution in [-0.4, -0.2) is 48.4 Å². The number of hydrogen-bond donors (Lipinski definition) is 1. The monoisotopic (exact) mass is 459 g/mol. The van der Waals surface area contributed by atoms with Crippen LogP contribution in [0.2, 0.25) is 0 Å². The molecule has 2 saturated heterocycles. The summed E-state index contributed by atoms with van der Waals surface area (Å²) in [6, 6.07) is 1.66. The molecule has 174 valence electrons. The summed E-state index contributed by atoms with van der Waals surface area (Å²) in [7, 11) is 0. The number of amides is 1. The van der Waals surface area contributed by atoms with E-state index in [1.54, 1.807) is 11.0 Å². The molecule has 32 heavy (non-hydrogen) atoms. The number of carbonyl (C=O) groups is 2. The van der Waals surface area contributed by atoms with Gasteiger partial charge in [0.05, 0.1) is 23.2 Å². The molecule has 2 aliphatic heterocycles. The van der Waals surface area contributed by atoms with Crippen molar-refractivity contribution in [3.63, 3.8) is 0 Å². The molecule has 1 atom stereocenters. The molecule has 1 N–H and O–H groups in total. The summed E-state index contributed by atoms with van der Waals surface area (Å²) in [4.78, 5) is 28.8. The van der Waals surface area contributed by atoms with E-state index in [0.717, 1.165) is 37.0 Å². The Hall–Kier alpha value is -1.88. The zero-order chi connectivity index (χ0) is 22.9. The maximum Gasteiger partial charge on any atom is 0.348 e. The number of nitrogens with zero attached hydrogens (tertiary/aromatic N) is 1. The molecular weight excluding hydrogens is 426 g/mol. The second-order valence-corrected chi connectivity index (χ2v) is 11.2. The van der Waals surface area contributed by atoms with Gasteiger partial charge in [-0.15, -0.1) is 11.3 Å². The van der Waals surface area contributed by atoms with E-state index in [-0.39, 0.29) is 22.2 Å². The molecule has 1 spiro atoms. The first-order valence-electron chi connectivity index (χ1n) is 11.7. The number of thiophene rings is 1. The van der Waals surface area contributed by atoms with E-state index in [9.17, 15) is 14.7 Å². The molecule has 1 aromatic rings. The molecule has 7 heteroatoms. The van der Waals surface area contributed by atoms with Gasteiger partial charge in [0.25, 0.3) is 5.91 Å². The first-order valence-corrected chi connectivity index (χ1v) is 12.5. The number of anilines is 1. The molecule has 3 fully saturated rings. The number of aromatic carboxylic acids is 1. The highest BCUT2D eigenvalue weighted by atomic mass is 32.1. The van der Waals surface area contributed by atoms with Gasteiger partial charge in [0.15, 0.2) is 5.60 Å². The fourth-order valence-corrected chi connectivity index (χ4v) is 5.83. The van der Waals surface area contributed by atoms with Crippen LogP contribution in [0.4, 0.5) is 5.69 Å². The van der Waals surface area contributed by atoms with Gasteiger partial charge in [0.1, 0.15) is 4.88 Å². The van der Waals surface area contributed by atoms with E-state index in [0.29, 0.717) is 49.1 Å². The second kappa shape index (κ2) is 9.17.